The summed E-state index contributed by atoms with van der Waals surface area (Å²) in [6.45, 7) is 6.83. The molecule has 0 spiro atoms. The van der Waals surface area contributed by atoms with Crippen LogP contribution in [0.25, 0.3) is 0 Å². The lowest BCUT2D eigenvalue weighted by Crippen LogP contribution is -2.24. The fourth-order valence-electron chi connectivity index (χ4n) is 1.73. The number of anilines is 1. The summed E-state index contributed by atoms with van der Waals surface area (Å²) >= 11 is 0. The molecule has 0 bridgehead atoms. The van der Waals surface area contributed by atoms with E-state index in [9.17, 15) is 8.42 Å². The number of ether oxygens (including phenoxy) is 1. The fraction of sp³-hybridized carbons (Fsp3) is 0.600. The minimum Gasteiger partial charge on any atom is -0.385 e. The van der Waals surface area contributed by atoms with Gasteiger partial charge in [-0.15, -0.1) is 0 Å². The molecule has 1 rings (SSSR count). The lowest BCUT2D eigenvalue weighted by molar-refractivity contribution is 0.134. The Kier molecular flexibility index (Phi) is 8.34. The first-order valence-corrected chi connectivity index (χ1v) is 8.99. The van der Waals surface area contributed by atoms with Gasteiger partial charge in [-0.1, -0.05) is 13.8 Å². The highest BCUT2D eigenvalue weighted by Gasteiger charge is 2.12. The zero-order valence-electron chi connectivity index (χ0n) is 12.9. The van der Waals surface area contributed by atoms with Gasteiger partial charge in [-0.3, -0.25) is 0 Å². The van der Waals surface area contributed by atoms with E-state index in [0.717, 1.165) is 44.7 Å². The second kappa shape index (κ2) is 9.76. The molecule has 0 aliphatic rings. The van der Waals surface area contributed by atoms with Crippen molar-refractivity contribution < 1.29 is 13.2 Å². The van der Waals surface area contributed by atoms with Crippen molar-refractivity contribution in [2.45, 2.75) is 38.0 Å². The van der Waals surface area contributed by atoms with Crippen LogP contribution in [0.5, 0.6) is 0 Å². The SMILES string of the molecule is CCCNS(=O)(=O)c1ccc(NCCCOCCC)cc1. The molecule has 0 atom stereocenters. The normalized spacial score (nSPS) is 11.5. The van der Waals surface area contributed by atoms with E-state index in [2.05, 4.69) is 17.0 Å². The molecule has 120 valence electrons. The molecule has 0 aliphatic carbocycles. The summed E-state index contributed by atoms with van der Waals surface area (Å²) in [5.74, 6) is 0. The Hall–Kier alpha value is -1.11. The van der Waals surface area contributed by atoms with Crippen molar-refractivity contribution >= 4 is 15.7 Å². The molecule has 5 nitrogen and oxygen atoms in total. The summed E-state index contributed by atoms with van der Waals surface area (Å²) < 4.78 is 31.8. The maximum absolute atomic E-state index is 11.9. The van der Waals surface area contributed by atoms with E-state index in [-0.39, 0.29) is 0 Å². The molecule has 0 aromatic heterocycles. The number of nitrogens with one attached hydrogen (secondary N) is 2. The second-order valence-electron chi connectivity index (χ2n) is 4.81. The van der Waals surface area contributed by atoms with E-state index < -0.39 is 10.0 Å². The van der Waals surface area contributed by atoms with Gasteiger partial charge in [0.05, 0.1) is 4.90 Å². The molecule has 1 aromatic rings. The maximum Gasteiger partial charge on any atom is 0.240 e. The molecule has 0 saturated heterocycles. The van der Waals surface area contributed by atoms with Crippen molar-refractivity contribution in [3.63, 3.8) is 0 Å². The van der Waals surface area contributed by atoms with Gasteiger partial charge in [-0.2, -0.15) is 0 Å². The van der Waals surface area contributed by atoms with Crippen LogP contribution in [-0.4, -0.2) is 34.7 Å². The zero-order valence-corrected chi connectivity index (χ0v) is 13.7. The molecule has 0 amide bonds. The third-order valence-corrected chi connectivity index (χ3v) is 4.33. The van der Waals surface area contributed by atoms with Gasteiger partial charge in [0, 0.05) is 32.0 Å². The number of rotatable bonds is 11. The molecule has 0 fully saturated rings. The van der Waals surface area contributed by atoms with E-state index >= 15 is 0 Å². The molecule has 6 heteroatoms. The zero-order chi connectivity index (χ0) is 15.6. The first-order valence-electron chi connectivity index (χ1n) is 7.51. The molecule has 2 N–H and O–H groups in total. The standard InChI is InChI=1S/C15H26N2O3S/c1-3-10-17-21(18,19)15-8-6-14(7-9-15)16-11-5-13-20-12-4-2/h6-9,16-17H,3-5,10-13H2,1-2H3. The predicted molar refractivity (Wildman–Crippen MR) is 86.1 cm³/mol. The molecule has 0 unspecified atom stereocenters. The average molecular weight is 314 g/mol. The van der Waals surface area contributed by atoms with Gasteiger partial charge in [0.1, 0.15) is 0 Å². The van der Waals surface area contributed by atoms with Crippen molar-refractivity contribution in [3.05, 3.63) is 24.3 Å². The highest BCUT2D eigenvalue weighted by Crippen LogP contribution is 2.13. The highest BCUT2D eigenvalue weighted by atomic mass is 32.2. The van der Waals surface area contributed by atoms with Crippen molar-refractivity contribution in [3.8, 4) is 0 Å². The molecule has 21 heavy (non-hydrogen) atoms. The summed E-state index contributed by atoms with van der Waals surface area (Å²) in [6, 6.07) is 6.81. The summed E-state index contributed by atoms with van der Waals surface area (Å²) in [4.78, 5) is 0.299. The summed E-state index contributed by atoms with van der Waals surface area (Å²) in [5.41, 5.74) is 0.917. The Labute approximate surface area is 128 Å². The maximum atomic E-state index is 11.9. The monoisotopic (exact) mass is 314 g/mol. The number of sulfonamides is 1. The second-order valence-corrected chi connectivity index (χ2v) is 6.58. The molecular weight excluding hydrogens is 288 g/mol. The lowest BCUT2D eigenvalue weighted by atomic mass is 10.3. The molecule has 1 aromatic carbocycles. The van der Waals surface area contributed by atoms with Gasteiger partial charge in [-0.05, 0) is 43.5 Å². The molecule has 0 radical (unpaired) electrons. The Morgan fingerprint density at radius 3 is 2.33 bits per heavy atom. The quantitative estimate of drug-likeness (QED) is 0.616. The third-order valence-electron chi connectivity index (χ3n) is 2.85. The van der Waals surface area contributed by atoms with Crippen LogP contribution >= 0.6 is 0 Å². The van der Waals surface area contributed by atoms with Gasteiger partial charge in [0.15, 0.2) is 0 Å². The topological polar surface area (TPSA) is 67.4 Å². The minimum atomic E-state index is -3.37. The van der Waals surface area contributed by atoms with Gasteiger partial charge in [0.25, 0.3) is 0 Å². The van der Waals surface area contributed by atoms with Gasteiger partial charge >= 0.3 is 0 Å². The average Bonchev–Trinajstić information content (AvgIpc) is 2.49. The molecule has 0 heterocycles. The molecule has 0 aliphatic heterocycles. The van der Waals surface area contributed by atoms with Crippen molar-refractivity contribution in [2.24, 2.45) is 0 Å². The van der Waals surface area contributed by atoms with Crippen molar-refractivity contribution in [1.82, 2.24) is 4.72 Å². The Balaban J connectivity index is 2.40. The van der Waals surface area contributed by atoms with Crippen LogP contribution in [0.15, 0.2) is 29.2 Å². The van der Waals surface area contributed by atoms with E-state index in [1.165, 1.54) is 0 Å². The Morgan fingerprint density at radius 1 is 1.00 bits per heavy atom. The fourth-order valence-corrected chi connectivity index (χ4v) is 2.86. The first kappa shape index (κ1) is 17.9. The Morgan fingerprint density at radius 2 is 1.71 bits per heavy atom. The molecule has 0 saturated carbocycles. The van der Waals surface area contributed by atoms with E-state index in [0.29, 0.717) is 11.4 Å². The summed E-state index contributed by atoms with van der Waals surface area (Å²) in [7, 11) is -3.37. The van der Waals surface area contributed by atoms with Crippen LogP contribution in [0.3, 0.4) is 0 Å². The van der Waals surface area contributed by atoms with Crippen molar-refractivity contribution in [1.29, 1.82) is 0 Å². The highest BCUT2D eigenvalue weighted by molar-refractivity contribution is 7.89. The largest absolute Gasteiger partial charge is 0.385 e. The van der Waals surface area contributed by atoms with Gasteiger partial charge in [0.2, 0.25) is 10.0 Å². The first-order chi connectivity index (χ1) is 10.1. The summed E-state index contributed by atoms with van der Waals surface area (Å²) in [6.07, 6.45) is 2.74. The van der Waals surface area contributed by atoms with E-state index in [4.69, 9.17) is 4.74 Å². The predicted octanol–water partition coefficient (Wildman–Crippen LogP) is 2.60. The van der Waals surface area contributed by atoms with Gasteiger partial charge < -0.3 is 10.1 Å². The Bertz CT molecular complexity index is 486. The van der Waals surface area contributed by atoms with E-state index in [1.807, 2.05) is 6.92 Å². The number of hydrogen-bond acceptors (Lipinski definition) is 4. The smallest absolute Gasteiger partial charge is 0.240 e. The van der Waals surface area contributed by atoms with Gasteiger partial charge in [-0.25, -0.2) is 13.1 Å². The number of benzene rings is 1. The van der Waals surface area contributed by atoms with Crippen LogP contribution in [0.2, 0.25) is 0 Å². The molecular formula is C15H26N2O3S. The minimum absolute atomic E-state index is 0.299. The van der Waals surface area contributed by atoms with Crippen LogP contribution in [0.1, 0.15) is 33.1 Å². The van der Waals surface area contributed by atoms with Crippen molar-refractivity contribution in [2.75, 3.05) is 31.6 Å². The van der Waals surface area contributed by atoms with Crippen LogP contribution in [0, 0.1) is 0 Å². The lowest BCUT2D eigenvalue weighted by Gasteiger charge is -2.09. The van der Waals surface area contributed by atoms with Crippen LogP contribution in [-0.2, 0) is 14.8 Å². The van der Waals surface area contributed by atoms with E-state index in [1.54, 1.807) is 24.3 Å². The number of hydrogen-bond donors (Lipinski definition) is 2. The summed E-state index contributed by atoms with van der Waals surface area (Å²) in [5, 5.41) is 3.25. The third kappa shape index (κ3) is 6.93. The van der Waals surface area contributed by atoms with Crippen LogP contribution < -0.4 is 10.0 Å². The van der Waals surface area contributed by atoms with Crippen LogP contribution in [0.4, 0.5) is 5.69 Å².